The van der Waals surface area contributed by atoms with Crippen LogP contribution >= 0.6 is 11.6 Å². The fraction of sp³-hybridized carbons (Fsp3) is 0.190. The molecule has 1 aliphatic heterocycles. The summed E-state index contributed by atoms with van der Waals surface area (Å²) in [6, 6.07) is 21.5. The van der Waals surface area contributed by atoms with Crippen molar-refractivity contribution < 1.29 is 4.79 Å². The minimum absolute atomic E-state index is 0.0418. The van der Waals surface area contributed by atoms with E-state index in [-0.39, 0.29) is 11.9 Å². The zero-order chi connectivity index (χ0) is 17.2. The number of aryl methyl sites for hydroxylation is 1. The van der Waals surface area contributed by atoms with Crippen LogP contribution in [-0.2, 0) is 6.54 Å². The van der Waals surface area contributed by atoms with Crippen molar-refractivity contribution in [1.82, 2.24) is 9.47 Å². The number of nitrogens with zero attached hydrogens (tertiary/aromatic N) is 2. The molecule has 1 atom stereocenters. The second-order valence-electron chi connectivity index (χ2n) is 6.30. The molecule has 4 rings (SSSR count). The summed E-state index contributed by atoms with van der Waals surface area (Å²) >= 11 is 5.98. The van der Waals surface area contributed by atoms with Crippen molar-refractivity contribution in [2.24, 2.45) is 0 Å². The van der Waals surface area contributed by atoms with E-state index in [1.54, 1.807) is 24.3 Å². The summed E-state index contributed by atoms with van der Waals surface area (Å²) in [4.78, 5) is 15.2. The van der Waals surface area contributed by atoms with E-state index in [0.717, 1.165) is 30.8 Å². The van der Waals surface area contributed by atoms with Gasteiger partial charge in [-0.2, -0.15) is 0 Å². The molecule has 4 heteroatoms. The lowest BCUT2D eigenvalue weighted by Gasteiger charge is -2.31. The van der Waals surface area contributed by atoms with E-state index in [1.165, 1.54) is 0 Å². The molecule has 1 unspecified atom stereocenters. The molecular formula is C21H19ClN2O. The molecule has 126 valence electrons. The molecule has 0 radical (unpaired) electrons. The van der Waals surface area contributed by atoms with Gasteiger partial charge in [0.25, 0.3) is 5.91 Å². The first-order chi connectivity index (χ1) is 12.2. The Kier molecular flexibility index (Phi) is 4.33. The molecule has 3 aromatic rings. The van der Waals surface area contributed by atoms with E-state index in [9.17, 15) is 4.79 Å². The number of halogens is 1. The summed E-state index contributed by atoms with van der Waals surface area (Å²) in [6.07, 6.45) is 3.03. The molecule has 0 aliphatic carbocycles. The van der Waals surface area contributed by atoms with Crippen LogP contribution in [0.25, 0.3) is 0 Å². The van der Waals surface area contributed by atoms with Gasteiger partial charge in [0.2, 0.25) is 0 Å². The van der Waals surface area contributed by atoms with Crippen LogP contribution in [0.4, 0.5) is 0 Å². The van der Waals surface area contributed by atoms with E-state index >= 15 is 0 Å². The topological polar surface area (TPSA) is 25.2 Å². The Labute approximate surface area is 152 Å². The van der Waals surface area contributed by atoms with Crippen molar-refractivity contribution in [2.75, 3.05) is 6.54 Å². The van der Waals surface area contributed by atoms with Gasteiger partial charge < -0.3 is 9.47 Å². The highest BCUT2D eigenvalue weighted by atomic mass is 35.5. The van der Waals surface area contributed by atoms with Crippen LogP contribution in [0.5, 0.6) is 0 Å². The summed E-state index contributed by atoms with van der Waals surface area (Å²) in [5, 5.41) is 0.640. The van der Waals surface area contributed by atoms with Crippen LogP contribution in [-0.4, -0.2) is 21.9 Å². The van der Waals surface area contributed by atoms with Gasteiger partial charge in [0.1, 0.15) is 0 Å². The van der Waals surface area contributed by atoms with Crippen LogP contribution in [0.2, 0.25) is 5.02 Å². The number of aromatic nitrogens is 1. The van der Waals surface area contributed by atoms with Gasteiger partial charge in [0.05, 0.1) is 6.04 Å². The van der Waals surface area contributed by atoms with Gasteiger partial charge in [-0.3, -0.25) is 4.79 Å². The molecular weight excluding hydrogens is 332 g/mol. The summed E-state index contributed by atoms with van der Waals surface area (Å²) in [5.74, 6) is 0.0418. The second kappa shape index (κ2) is 6.77. The first kappa shape index (κ1) is 16.0. The minimum atomic E-state index is -0.0816. The number of rotatable bonds is 2. The lowest BCUT2D eigenvalue weighted by Crippen LogP contribution is -2.35. The maximum absolute atomic E-state index is 13.3. The van der Waals surface area contributed by atoms with E-state index in [4.69, 9.17) is 11.6 Å². The quantitative estimate of drug-likeness (QED) is 0.653. The van der Waals surface area contributed by atoms with Gasteiger partial charge in [-0.25, -0.2) is 0 Å². The van der Waals surface area contributed by atoms with Crippen LogP contribution in [0.3, 0.4) is 0 Å². The minimum Gasteiger partial charge on any atom is -0.349 e. The van der Waals surface area contributed by atoms with Crippen LogP contribution in [0.15, 0.2) is 72.9 Å². The summed E-state index contributed by atoms with van der Waals surface area (Å²) < 4.78 is 2.26. The van der Waals surface area contributed by atoms with Crippen LogP contribution < -0.4 is 0 Å². The van der Waals surface area contributed by atoms with E-state index in [0.29, 0.717) is 10.6 Å². The Morgan fingerprint density at radius 3 is 2.44 bits per heavy atom. The fourth-order valence-electron chi connectivity index (χ4n) is 3.54. The van der Waals surface area contributed by atoms with Crippen molar-refractivity contribution in [3.05, 3.63) is 94.8 Å². The van der Waals surface area contributed by atoms with E-state index in [2.05, 4.69) is 35.0 Å². The van der Waals surface area contributed by atoms with E-state index < -0.39 is 0 Å². The molecule has 1 aromatic heterocycles. The third-order valence-corrected chi connectivity index (χ3v) is 4.97. The number of carbonyl (C=O) groups is 1. The average molecular weight is 351 g/mol. The Hall–Kier alpha value is -2.52. The first-order valence-electron chi connectivity index (χ1n) is 8.50. The predicted octanol–water partition coefficient (Wildman–Crippen LogP) is 4.78. The number of hydrogen-bond acceptors (Lipinski definition) is 1. The normalized spacial score (nSPS) is 17.0. The number of benzene rings is 2. The van der Waals surface area contributed by atoms with Crippen molar-refractivity contribution in [2.45, 2.75) is 19.0 Å². The molecule has 0 fully saturated rings. The lowest BCUT2D eigenvalue weighted by molar-refractivity contribution is 0.0709. The number of fused-ring (bicyclic) bond motifs is 1. The molecule has 0 spiro atoms. The molecule has 0 saturated heterocycles. The van der Waals surface area contributed by atoms with Crippen molar-refractivity contribution in [1.29, 1.82) is 0 Å². The second-order valence-corrected chi connectivity index (χ2v) is 6.74. The van der Waals surface area contributed by atoms with Gasteiger partial charge in [-0.15, -0.1) is 0 Å². The molecule has 25 heavy (non-hydrogen) atoms. The SMILES string of the molecule is O=C(c1ccc(Cl)cc1)N1CCCn2cccc2C1c1ccccc1. The van der Waals surface area contributed by atoms with E-state index in [1.807, 2.05) is 23.1 Å². The Morgan fingerprint density at radius 1 is 0.920 bits per heavy atom. The highest BCUT2D eigenvalue weighted by Crippen LogP contribution is 2.33. The first-order valence-corrected chi connectivity index (χ1v) is 8.88. The zero-order valence-corrected chi connectivity index (χ0v) is 14.6. The molecule has 1 amide bonds. The predicted molar refractivity (Wildman–Crippen MR) is 99.8 cm³/mol. The third-order valence-electron chi connectivity index (χ3n) is 4.72. The van der Waals surface area contributed by atoms with Crippen molar-refractivity contribution >= 4 is 17.5 Å². The highest BCUT2D eigenvalue weighted by molar-refractivity contribution is 6.30. The molecule has 3 nitrogen and oxygen atoms in total. The zero-order valence-electron chi connectivity index (χ0n) is 13.8. The Bertz CT molecular complexity index is 870. The van der Waals surface area contributed by atoms with Gasteiger partial charge >= 0.3 is 0 Å². The molecule has 0 bridgehead atoms. The molecule has 0 N–H and O–H groups in total. The number of amides is 1. The van der Waals surface area contributed by atoms with Crippen LogP contribution in [0.1, 0.15) is 34.1 Å². The maximum Gasteiger partial charge on any atom is 0.254 e. The Balaban J connectivity index is 1.79. The van der Waals surface area contributed by atoms with Gasteiger partial charge in [-0.1, -0.05) is 41.9 Å². The average Bonchev–Trinajstić information content (AvgIpc) is 3.02. The summed E-state index contributed by atoms with van der Waals surface area (Å²) in [5.41, 5.74) is 2.96. The van der Waals surface area contributed by atoms with Gasteiger partial charge in [0.15, 0.2) is 0 Å². The monoisotopic (exact) mass is 350 g/mol. The standard InChI is InChI=1S/C21H19ClN2O/c22-18-11-9-17(10-12-18)21(25)24-15-5-14-23-13-4-8-19(23)20(24)16-6-2-1-3-7-16/h1-4,6-13,20H,5,14-15H2. The largest absolute Gasteiger partial charge is 0.349 e. The summed E-state index contributed by atoms with van der Waals surface area (Å²) in [6.45, 7) is 1.65. The molecule has 1 aliphatic rings. The lowest BCUT2D eigenvalue weighted by atomic mass is 10.0. The van der Waals surface area contributed by atoms with Gasteiger partial charge in [0, 0.05) is 35.6 Å². The highest BCUT2D eigenvalue weighted by Gasteiger charge is 2.31. The van der Waals surface area contributed by atoms with Gasteiger partial charge in [-0.05, 0) is 48.4 Å². The van der Waals surface area contributed by atoms with Crippen LogP contribution in [0, 0.1) is 0 Å². The van der Waals surface area contributed by atoms with Crippen molar-refractivity contribution in [3.8, 4) is 0 Å². The molecule has 2 aromatic carbocycles. The molecule has 0 saturated carbocycles. The maximum atomic E-state index is 13.3. The molecule has 2 heterocycles. The fourth-order valence-corrected chi connectivity index (χ4v) is 3.67. The Morgan fingerprint density at radius 2 is 1.68 bits per heavy atom. The summed E-state index contributed by atoms with van der Waals surface area (Å²) in [7, 11) is 0. The third kappa shape index (κ3) is 3.08. The number of carbonyl (C=O) groups excluding carboxylic acids is 1. The smallest absolute Gasteiger partial charge is 0.254 e. The number of hydrogen-bond donors (Lipinski definition) is 0. The van der Waals surface area contributed by atoms with Crippen molar-refractivity contribution in [3.63, 3.8) is 0 Å².